The van der Waals surface area contributed by atoms with Gasteiger partial charge in [-0.2, -0.15) is 0 Å². The second kappa shape index (κ2) is 5.13. The first kappa shape index (κ1) is 14.9. The monoisotopic (exact) mass is 288 g/mol. The molecular formula is C17H23FNSi+. The molecule has 0 saturated carbocycles. The Morgan fingerprint density at radius 2 is 1.65 bits per heavy atom. The maximum Gasteiger partial charge on any atom is 0.212 e. The molecule has 2 aromatic rings. The third kappa shape index (κ3) is 2.83. The van der Waals surface area contributed by atoms with Crippen molar-refractivity contribution >= 4 is 13.3 Å². The van der Waals surface area contributed by atoms with Gasteiger partial charge in [0.25, 0.3) is 0 Å². The van der Waals surface area contributed by atoms with Crippen LogP contribution in [-0.2, 0) is 7.05 Å². The van der Waals surface area contributed by atoms with E-state index in [-0.39, 0.29) is 5.82 Å². The number of pyridine rings is 1. The van der Waals surface area contributed by atoms with E-state index in [1.54, 1.807) is 6.07 Å². The van der Waals surface area contributed by atoms with Crippen molar-refractivity contribution in [3.05, 3.63) is 47.4 Å². The smallest absolute Gasteiger partial charge is 0.207 e. The highest BCUT2D eigenvalue weighted by Crippen LogP contribution is 2.22. The summed E-state index contributed by atoms with van der Waals surface area (Å²) in [4.78, 5) is 0. The molecule has 0 spiro atoms. The number of rotatable bonds is 2. The first-order chi connectivity index (χ1) is 9.20. The average molecular weight is 288 g/mol. The first-order valence-electron chi connectivity index (χ1n) is 6.97. The van der Waals surface area contributed by atoms with Gasteiger partial charge in [-0.25, -0.2) is 8.96 Å². The first-order valence-corrected chi connectivity index (χ1v) is 10.5. The highest BCUT2D eigenvalue weighted by Gasteiger charge is 2.24. The normalized spacial score (nSPS) is 11.8. The molecule has 0 aliphatic rings. The molecule has 0 fully saturated rings. The maximum absolute atomic E-state index is 13.3. The fourth-order valence-corrected chi connectivity index (χ4v) is 4.55. The van der Waals surface area contributed by atoms with E-state index in [1.165, 1.54) is 16.8 Å². The van der Waals surface area contributed by atoms with Gasteiger partial charge >= 0.3 is 0 Å². The standard InChI is InChI=1S/C17H23FNSi/c1-12-9-14(18)7-8-15(12)16-10-13(2)17(11-19(16)3)20(4,5)6/h7-11H,1-6H3/q+1. The van der Waals surface area contributed by atoms with Crippen molar-refractivity contribution in [1.82, 2.24) is 0 Å². The van der Waals surface area contributed by atoms with Crippen LogP contribution in [0.2, 0.25) is 19.6 Å². The molecule has 1 nitrogen and oxygen atoms in total. The molecule has 3 heteroatoms. The van der Waals surface area contributed by atoms with Crippen molar-refractivity contribution < 1.29 is 8.96 Å². The Kier molecular flexibility index (Phi) is 3.83. The van der Waals surface area contributed by atoms with E-state index < -0.39 is 8.07 Å². The Bertz CT molecular complexity index is 657. The Labute approximate surface area is 122 Å². The molecule has 1 heterocycles. The lowest BCUT2D eigenvalue weighted by Crippen LogP contribution is -2.46. The number of hydrogen-bond acceptors (Lipinski definition) is 0. The van der Waals surface area contributed by atoms with Crippen molar-refractivity contribution in [1.29, 1.82) is 0 Å². The van der Waals surface area contributed by atoms with Crippen LogP contribution in [0, 0.1) is 19.7 Å². The summed E-state index contributed by atoms with van der Waals surface area (Å²) in [6.07, 6.45) is 2.25. The van der Waals surface area contributed by atoms with Crippen LogP contribution >= 0.6 is 0 Å². The van der Waals surface area contributed by atoms with E-state index in [0.717, 1.165) is 16.8 Å². The number of aromatic nitrogens is 1. The summed E-state index contributed by atoms with van der Waals surface area (Å²) in [5.74, 6) is -0.177. The van der Waals surface area contributed by atoms with Crippen LogP contribution in [0.15, 0.2) is 30.5 Å². The maximum atomic E-state index is 13.3. The highest BCUT2D eigenvalue weighted by molar-refractivity contribution is 6.88. The van der Waals surface area contributed by atoms with E-state index in [9.17, 15) is 4.39 Å². The number of benzene rings is 1. The van der Waals surface area contributed by atoms with Crippen LogP contribution < -0.4 is 9.75 Å². The van der Waals surface area contributed by atoms with Gasteiger partial charge in [0.05, 0.1) is 8.07 Å². The molecule has 20 heavy (non-hydrogen) atoms. The molecule has 0 bridgehead atoms. The topological polar surface area (TPSA) is 3.88 Å². The highest BCUT2D eigenvalue weighted by atomic mass is 28.3. The molecule has 1 aromatic heterocycles. The summed E-state index contributed by atoms with van der Waals surface area (Å²) in [5.41, 5.74) is 4.54. The van der Waals surface area contributed by atoms with Gasteiger partial charge in [-0.15, -0.1) is 0 Å². The zero-order valence-electron chi connectivity index (χ0n) is 13.2. The minimum absolute atomic E-state index is 0.177. The number of aryl methyl sites for hydroxylation is 3. The molecule has 0 amide bonds. The molecule has 0 N–H and O–H groups in total. The molecule has 0 aliphatic heterocycles. The summed E-state index contributed by atoms with van der Waals surface area (Å²) >= 11 is 0. The van der Waals surface area contributed by atoms with E-state index in [4.69, 9.17) is 0 Å². The number of nitrogens with zero attached hydrogens (tertiary/aromatic N) is 1. The van der Waals surface area contributed by atoms with Crippen molar-refractivity contribution in [3.8, 4) is 11.3 Å². The van der Waals surface area contributed by atoms with Crippen LogP contribution in [0.25, 0.3) is 11.3 Å². The van der Waals surface area contributed by atoms with E-state index in [2.05, 4.69) is 50.4 Å². The molecule has 1 aromatic carbocycles. The minimum atomic E-state index is -1.34. The lowest BCUT2D eigenvalue weighted by molar-refractivity contribution is -0.659. The van der Waals surface area contributed by atoms with Gasteiger partial charge in [0.15, 0.2) is 6.20 Å². The zero-order valence-corrected chi connectivity index (χ0v) is 14.2. The Morgan fingerprint density at radius 1 is 1.00 bits per heavy atom. The molecular weight excluding hydrogens is 265 g/mol. The van der Waals surface area contributed by atoms with Gasteiger partial charge in [0.1, 0.15) is 12.9 Å². The van der Waals surface area contributed by atoms with Crippen LogP contribution in [0.4, 0.5) is 4.39 Å². The van der Waals surface area contributed by atoms with Gasteiger partial charge in [-0.1, -0.05) is 19.6 Å². The van der Waals surface area contributed by atoms with Crippen molar-refractivity contribution in [3.63, 3.8) is 0 Å². The van der Waals surface area contributed by atoms with E-state index in [0.29, 0.717) is 0 Å². The SMILES string of the molecule is Cc1cc(F)ccc1-c1cc(C)c([Si](C)(C)C)c[n+]1C. The Balaban J connectivity index is 2.62. The van der Waals surface area contributed by atoms with Gasteiger partial charge in [-0.3, -0.25) is 0 Å². The fraction of sp³-hybridized carbons (Fsp3) is 0.353. The van der Waals surface area contributed by atoms with Gasteiger partial charge in [0.2, 0.25) is 5.69 Å². The largest absolute Gasteiger partial charge is 0.212 e. The third-order valence-electron chi connectivity index (χ3n) is 3.75. The Morgan fingerprint density at radius 3 is 2.20 bits per heavy atom. The second-order valence-corrected chi connectivity index (χ2v) is 11.6. The van der Waals surface area contributed by atoms with Gasteiger partial charge in [0, 0.05) is 16.8 Å². The van der Waals surface area contributed by atoms with Crippen LogP contribution in [0.5, 0.6) is 0 Å². The van der Waals surface area contributed by atoms with Crippen LogP contribution in [0.3, 0.4) is 0 Å². The van der Waals surface area contributed by atoms with Crippen LogP contribution in [-0.4, -0.2) is 8.07 Å². The fourth-order valence-electron chi connectivity index (χ4n) is 2.72. The molecule has 0 radical (unpaired) electrons. The predicted octanol–water partition coefficient (Wildman–Crippen LogP) is 3.48. The third-order valence-corrected chi connectivity index (χ3v) is 5.89. The van der Waals surface area contributed by atoms with Crippen molar-refractivity contribution in [2.45, 2.75) is 33.5 Å². The minimum Gasteiger partial charge on any atom is -0.207 e. The zero-order chi connectivity index (χ0) is 15.1. The summed E-state index contributed by atoms with van der Waals surface area (Å²) in [5, 5.41) is 1.48. The van der Waals surface area contributed by atoms with Gasteiger partial charge < -0.3 is 0 Å². The van der Waals surface area contributed by atoms with E-state index >= 15 is 0 Å². The van der Waals surface area contributed by atoms with Crippen LogP contribution in [0.1, 0.15) is 11.1 Å². The van der Waals surface area contributed by atoms with Crippen molar-refractivity contribution in [2.24, 2.45) is 7.05 Å². The summed E-state index contributed by atoms with van der Waals surface area (Å²) in [6.45, 7) is 11.2. The summed E-state index contributed by atoms with van der Waals surface area (Å²) < 4.78 is 15.4. The summed E-state index contributed by atoms with van der Waals surface area (Å²) in [6, 6.07) is 7.22. The lowest BCUT2D eigenvalue weighted by Gasteiger charge is -2.18. The van der Waals surface area contributed by atoms with Crippen molar-refractivity contribution in [2.75, 3.05) is 0 Å². The summed E-state index contributed by atoms with van der Waals surface area (Å²) in [7, 11) is 0.734. The molecule has 0 aliphatic carbocycles. The number of hydrogen-bond donors (Lipinski definition) is 0. The Hall–Kier alpha value is -1.48. The molecule has 0 unspecified atom stereocenters. The molecule has 106 valence electrons. The van der Waals surface area contributed by atoms with Gasteiger partial charge in [-0.05, 0) is 43.2 Å². The molecule has 2 rings (SSSR count). The predicted molar refractivity (Wildman–Crippen MR) is 85.5 cm³/mol. The second-order valence-electron chi connectivity index (χ2n) is 6.58. The molecule has 0 atom stereocenters. The molecule has 0 saturated heterocycles. The average Bonchev–Trinajstić information content (AvgIpc) is 2.31. The number of halogens is 1. The lowest BCUT2D eigenvalue weighted by atomic mass is 10.0. The quantitative estimate of drug-likeness (QED) is 0.588. The van der Waals surface area contributed by atoms with E-state index in [1.807, 2.05) is 13.0 Å².